The van der Waals surface area contributed by atoms with E-state index in [2.05, 4.69) is 22.4 Å². The summed E-state index contributed by atoms with van der Waals surface area (Å²) in [4.78, 5) is 33.7. The van der Waals surface area contributed by atoms with Crippen LogP contribution < -0.4 is 10.1 Å². The van der Waals surface area contributed by atoms with Crippen LogP contribution in [0.3, 0.4) is 0 Å². The molecule has 0 saturated carbocycles. The zero-order valence-corrected chi connectivity index (χ0v) is 23.3. The number of nitrogens with zero attached hydrogens (tertiary/aromatic N) is 2. The highest BCUT2D eigenvalue weighted by Gasteiger charge is 2.22. The lowest BCUT2D eigenvalue weighted by Crippen LogP contribution is -2.45. The van der Waals surface area contributed by atoms with Crippen molar-refractivity contribution in [1.82, 2.24) is 14.8 Å². The van der Waals surface area contributed by atoms with Gasteiger partial charge in [-0.1, -0.05) is 55.0 Å². The number of ether oxygens (including phenoxy) is 1. The summed E-state index contributed by atoms with van der Waals surface area (Å²) in [5.41, 5.74) is 6.13. The highest BCUT2D eigenvalue weighted by Crippen LogP contribution is 2.20. The molecule has 3 amide bonds. The molecule has 4 aromatic rings. The van der Waals surface area contributed by atoms with Gasteiger partial charge in [0.05, 0.1) is 7.11 Å². The van der Waals surface area contributed by atoms with Crippen LogP contribution in [0, 0.1) is 13.8 Å². The zero-order valence-electron chi connectivity index (χ0n) is 23.3. The first-order valence-electron chi connectivity index (χ1n) is 13.5. The first-order chi connectivity index (χ1) is 18.9. The zero-order chi connectivity index (χ0) is 27.8. The molecule has 4 rings (SSSR count). The summed E-state index contributed by atoms with van der Waals surface area (Å²) < 4.78 is 5.29. The second-order valence-electron chi connectivity index (χ2n) is 9.94. The van der Waals surface area contributed by atoms with Crippen molar-refractivity contribution in [1.29, 1.82) is 0 Å². The molecule has 0 aliphatic heterocycles. The van der Waals surface area contributed by atoms with E-state index < -0.39 is 0 Å². The van der Waals surface area contributed by atoms with E-state index in [-0.39, 0.29) is 18.5 Å². The van der Waals surface area contributed by atoms with Crippen LogP contribution in [0.1, 0.15) is 35.6 Å². The third-order valence-electron chi connectivity index (χ3n) is 6.94. The Morgan fingerprint density at radius 3 is 2.44 bits per heavy atom. The first kappa shape index (κ1) is 27.8. The molecule has 7 nitrogen and oxygen atoms in total. The number of para-hydroxylation sites is 1. The number of amides is 3. The molecule has 0 saturated heterocycles. The van der Waals surface area contributed by atoms with Gasteiger partial charge >= 0.3 is 6.03 Å². The number of fused-ring (bicyclic) bond motifs is 1. The Kier molecular flexibility index (Phi) is 9.26. The monoisotopic (exact) mass is 526 g/mol. The summed E-state index contributed by atoms with van der Waals surface area (Å²) in [5.74, 6) is 0.683. The minimum atomic E-state index is -0.266. The van der Waals surface area contributed by atoms with E-state index >= 15 is 0 Å². The fourth-order valence-corrected chi connectivity index (χ4v) is 4.77. The number of carbonyl (C=O) groups is 2. The molecular formula is C32H38N4O3. The van der Waals surface area contributed by atoms with Gasteiger partial charge in [0.2, 0.25) is 5.91 Å². The number of aromatic amines is 1. The van der Waals surface area contributed by atoms with Crippen LogP contribution in [0.5, 0.6) is 5.75 Å². The Hall–Kier alpha value is -4.26. The van der Waals surface area contributed by atoms with Gasteiger partial charge in [0.15, 0.2) is 0 Å². The number of aryl methyl sites for hydroxylation is 2. The molecule has 1 aromatic heterocycles. The number of hydrogen-bond acceptors (Lipinski definition) is 3. The van der Waals surface area contributed by atoms with Crippen molar-refractivity contribution in [2.24, 2.45) is 0 Å². The van der Waals surface area contributed by atoms with Gasteiger partial charge in [-0.05, 0) is 67.6 Å². The molecule has 1 heterocycles. The van der Waals surface area contributed by atoms with Crippen molar-refractivity contribution in [2.45, 2.75) is 40.2 Å². The summed E-state index contributed by atoms with van der Waals surface area (Å²) in [6, 6.07) is 21.6. The van der Waals surface area contributed by atoms with Crippen LogP contribution in [0.4, 0.5) is 10.5 Å². The van der Waals surface area contributed by atoms with E-state index in [4.69, 9.17) is 4.74 Å². The average molecular weight is 527 g/mol. The van der Waals surface area contributed by atoms with E-state index in [1.54, 1.807) is 12.0 Å². The number of benzene rings is 3. The summed E-state index contributed by atoms with van der Waals surface area (Å²) in [5, 5.41) is 4.16. The Bertz CT molecular complexity index is 1410. The molecule has 2 N–H and O–H groups in total. The minimum Gasteiger partial charge on any atom is -0.497 e. The third kappa shape index (κ3) is 7.19. The number of methoxy groups -OCH3 is 1. The Morgan fingerprint density at radius 2 is 1.72 bits per heavy atom. The van der Waals surface area contributed by atoms with E-state index in [0.29, 0.717) is 26.1 Å². The Morgan fingerprint density at radius 1 is 0.949 bits per heavy atom. The molecule has 3 aromatic carbocycles. The average Bonchev–Trinajstić information content (AvgIpc) is 3.35. The van der Waals surface area contributed by atoms with Crippen molar-refractivity contribution in [3.05, 3.63) is 95.2 Å². The predicted octanol–water partition coefficient (Wildman–Crippen LogP) is 6.31. The van der Waals surface area contributed by atoms with E-state index in [1.165, 1.54) is 0 Å². The van der Waals surface area contributed by atoms with E-state index in [1.807, 2.05) is 86.5 Å². The molecule has 0 atom stereocenters. The van der Waals surface area contributed by atoms with Gasteiger partial charge in [-0.3, -0.25) is 4.79 Å². The maximum absolute atomic E-state index is 13.7. The first-order valence-corrected chi connectivity index (χ1v) is 13.5. The van der Waals surface area contributed by atoms with Crippen molar-refractivity contribution in [2.75, 3.05) is 32.1 Å². The second kappa shape index (κ2) is 13.0. The molecule has 0 aliphatic rings. The normalized spacial score (nSPS) is 10.9. The van der Waals surface area contributed by atoms with Crippen LogP contribution >= 0.6 is 0 Å². The summed E-state index contributed by atoms with van der Waals surface area (Å²) >= 11 is 0. The van der Waals surface area contributed by atoms with Crippen LogP contribution in [0.2, 0.25) is 0 Å². The van der Waals surface area contributed by atoms with Gasteiger partial charge in [-0.15, -0.1) is 0 Å². The highest BCUT2D eigenvalue weighted by atomic mass is 16.5. The fraction of sp³-hybridized carbons (Fsp3) is 0.312. The molecule has 0 spiro atoms. The molecule has 0 radical (unpaired) electrons. The van der Waals surface area contributed by atoms with E-state index in [9.17, 15) is 9.59 Å². The summed E-state index contributed by atoms with van der Waals surface area (Å²) in [6.45, 7) is 7.48. The largest absolute Gasteiger partial charge is 0.497 e. The smallest absolute Gasteiger partial charge is 0.322 e. The van der Waals surface area contributed by atoms with Crippen LogP contribution in [0.25, 0.3) is 10.9 Å². The van der Waals surface area contributed by atoms with Gasteiger partial charge in [0, 0.05) is 42.4 Å². The van der Waals surface area contributed by atoms with Crippen molar-refractivity contribution in [3.63, 3.8) is 0 Å². The summed E-state index contributed by atoms with van der Waals surface area (Å²) in [7, 11) is 1.64. The molecule has 0 aliphatic carbocycles. The molecule has 204 valence electrons. The van der Waals surface area contributed by atoms with Crippen molar-refractivity contribution < 1.29 is 14.3 Å². The number of aromatic nitrogens is 1. The fourth-order valence-electron chi connectivity index (χ4n) is 4.77. The number of hydrogen-bond donors (Lipinski definition) is 2. The topological polar surface area (TPSA) is 77.7 Å². The molecule has 0 fully saturated rings. The number of rotatable bonds is 11. The van der Waals surface area contributed by atoms with E-state index in [0.717, 1.165) is 51.0 Å². The van der Waals surface area contributed by atoms with Crippen molar-refractivity contribution in [3.8, 4) is 5.75 Å². The maximum atomic E-state index is 13.7. The quantitative estimate of drug-likeness (QED) is 0.240. The Labute approximate surface area is 230 Å². The molecule has 0 unspecified atom stereocenters. The van der Waals surface area contributed by atoms with Crippen LogP contribution in [-0.4, -0.2) is 53.5 Å². The molecule has 0 bridgehead atoms. The second-order valence-corrected chi connectivity index (χ2v) is 9.94. The van der Waals surface area contributed by atoms with Gasteiger partial charge in [-0.25, -0.2) is 4.79 Å². The number of H-pyrrole nitrogens is 1. The number of carbonyl (C=O) groups excluding carboxylic acids is 2. The van der Waals surface area contributed by atoms with Gasteiger partial charge in [-0.2, -0.15) is 0 Å². The van der Waals surface area contributed by atoms with Crippen molar-refractivity contribution >= 4 is 28.5 Å². The minimum absolute atomic E-state index is 0.00855. The lowest BCUT2D eigenvalue weighted by molar-refractivity contribution is -0.132. The van der Waals surface area contributed by atoms with Gasteiger partial charge < -0.3 is 24.8 Å². The summed E-state index contributed by atoms with van der Waals surface area (Å²) in [6.07, 6.45) is 3.47. The molecule has 39 heavy (non-hydrogen) atoms. The predicted molar refractivity (Wildman–Crippen MR) is 157 cm³/mol. The Balaban J connectivity index is 1.51. The number of urea groups is 1. The maximum Gasteiger partial charge on any atom is 0.322 e. The molecule has 7 heteroatoms. The standard InChI is InChI=1S/C32H38N4O3/c1-5-17-36(32(38)34-29-15-10-23(2)19-24(29)3)22-31(37)35(21-25-11-13-27(39-4)14-12-25)18-16-26-20-33-30-9-7-6-8-28(26)30/h6-15,19-20,33H,5,16-18,21-22H2,1-4H3,(H,34,38). The number of nitrogens with one attached hydrogen (secondary N) is 2. The van der Waals surface area contributed by atoms with Gasteiger partial charge in [0.25, 0.3) is 0 Å². The highest BCUT2D eigenvalue weighted by molar-refractivity contribution is 5.93. The number of anilines is 1. The lowest BCUT2D eigenvalue weighted by Gasteiger charge is -2.28. The van der Waals surface area contributed by atoms with Crippen LogP contribution in [-0.2, 0) is 17.8 Å². The third-order valence-corrected chi connectivity index (χ3v) is 6.94. The lowest BCUT2D eigenvalue weighted by atomic mass is 10.1. The van der Waals surface area contributed by atoms with Gasteiger partial charge in [0.1, 0.15) is 12.3 Å². The van der Waals surface area contributed by atoms with Crippen LogP contribution in [0.15, 0.2) is 72.9 Å². The SMILES string of the molecule is CCCN(CC(=O)N(CCc1c[nH]c2ccccc12)Cc1ccc(OC)cc1)C(=O)Nc1ccc(C)cc1C. The molecular weight excluding hydrogens is 488 g/mol.